The van der Waals surface area contributed by atoms with Gasteiger partial charge in [0.15, 0.2) is 0 Å². The van der Waals surface area contributed by atoms with Crippen molar-refractivity contribution in [3.63, 3.8) is 0 Å². The molecule has 0 radical (unpaired) electrons. The largest absolute Gasteiger partial charge is 0.347 e. The highest BCUT2D eigenvalue weighted by atomic mass is 19.1. The van der Waals surface area contributed by atoms with E-state index in [0.29, 0.717) is 19.5 Å². The van der Waals surface area contributed by atoms with Crippen LogP contribution < -0.4 is 0 Å². The lowest BCUT2D eigenvalue weighted by molar-refractivity contribution is -0.131. The maximum Gasteiger partial charge on any atom is 0.227 e. The van der Waals surface area contributed by atoms with Crippen LogP contribution in [0.1, 0.15) is 17.0 Å². The Morgan fingerprint density at radius 1 is 1.37 bits per heavy atom. The first-order valence-corrected chi connectivity index (χ1v) is 6.26. The molecular formula is C14H14FN3O. The van der Waals surface area contributed by atoms with Crippen molar-refractivity contribution in [2.45, 2.75) is 19.4 Å². The highest BCUT2D eigenvalue weighted by Crippen LogP contribution is 2.16. The number of carbonyl (C=O) groups is 1. The van der Waals surface area contributed by atoms with E-state index in [1.165, 1.54) is 12.1 Å². The van der Waals surface area contributed by atoms with Crippen molar-refractivity contribution in [1.82, 2.24) is 14.9 Å². The number of amides is 1. The van der Waals surface area contributed by atoms with Gasteiger partial charge < -0.3 is 9.88 Å². The van der Waals surface area contributed by atoms with Gasteiger partial charge in [-0.2, -0.15) is 0 Å². The summed E-state index contributed by atoms with van der Waals surface area (Å²) >= 11 is 0. The van der Waals surface area contributed by atoms with Gasteiger partial charge in [0.2, 0.25) is 5.91 Å². The summed E-state index contributed by atoms with van der Waals surface area (Å²) in [4.78, 5) is 21.3. The number of carbonyl (C=O) groups excluding carboxylic acids is 1. The molecule has 98 valence electrons. The summed E-state index contributed by atoms with van der Waals surface area (Å²) in [5.74, 6) is -0.219. The first-order valence-electron chi connectivity index (χ1n) is 6.26. The van der Waals surface area contributed by atoms with Crippen LogP contribution in [0.25, 0.3) is 0 Å². The molecule has 1 aliphatic heterocycles. The average Bonchev–Trinajstić information content (AvgIpc) is 2.88. The molecule has 0 aliphatic carbocycles. The van der Waals surface area contributed by atoms with Gasteiger partial charge in [-0.25, -0.2) is 9.37 Å². The molecule has 0 unspecified atom stereocenters. The molecule has 1 amide bonds. The molecule has 3 rings (SSSR count). The molecule has 4 nitrogen and oxygen atoms in total. The number of aromatic amines is 1. The van der Waals surface area contributed by atoms with Crippen molar-refractivity contribution in [2.24, 2.45) is 0 Å². The SMILES string of the molecule is O=C(Cc1ccc(F)cc1)N1CCc2nc[nH]c2C1. The zero-order valence-electron chi connectivity index (χ0n) is 10.4. The number of fused-ring (bicyclic) bond motifs is 1. The minimum atomic E-state index is -0.281. The second kappa shape index (κ2) is 4.84. The van der Waals surface area contributed by atoms with Crippen LogP contribution in [-0.4, -0.2) is 27.3 Å². The molecule has 0 saturated heterocycles. The highest BCUT2D eigenvalue weighted by molar-refractivity contribution is 5.79. The number of rotatable bonds is 2. The van der Waals surface area contributed by atoms with Gasteiger partial charge in [0.1, 0.15) is 5.82 Å². The fraction of sp³-hybridized carbons (Fsp3) is 0.286. The zero-order valence-corrected chi connectivity index (χ0v) is 10.4. The minimum Gasteiger partial charge on any atom is -0.347 e. The Morgan fingerprint density at radius 3 is 2.95 bits per heavy atom. The number of aromatic nitrogens is 2. The number of H-pyrrole nitrogens is 1. The summed E-state index contributed by atoms with van der Waals surface area (Å²) in [6.45, 7) is 1.27. The van der Waals surface area contributed by atoms with Crippen LogP contribution >= 0.6 is 0 Å². The standard InChI is InChI=1S/C14H14FN3O/c15-11-3-1-10(2-4-11)7-14(19)18-6-5-12-13(8-18)17-9-16-12/h1-4,9H,5-8H2,(H,16,17). The third-order valence-electron chi connectivity index (χ3n) is 3.40. The number of hydrogen-bond acceptors (Lipinski definition) is 2. The summed E-state index contributed by atoms with van der Waals surface area (Å²) in [5, 5.41) is 0. The van der Waals surface area contributed by atoms with Crippen LogP contribution in [0.15, 0.2) is 30.6 Å². The van der Waals surface area contributed by atoms with Gasteiger partial charge in [-0.15, -0.1) is 0 Å². The van der Waals surface area contributed by atoms with Gasteiger partial charge in [-0.05, 0) is 17.7 Å². The second-order valence-electron chi connectivity index (χ2n) is 4.70. The first kappa shape index (κ1) is 11.9. The first-order chi connectivity index (χ1) is 9.22. The number of hydrogen-bond donors (Lipinski definition) is 1. The molecular weight excluding hydrogens is 245 g/mol. The Bertz CT molecular complexity index is 591. The van der Waals surface area contributed by atoms with Gasteiger partial charge in [0, 0.05) is 13.0 Å². The molecule has 2 heterocycles. The van der Waals surface area contributed by atoms with Crippen LogP contribution in [0.2, 0.25) is 0 Å². The fourth-order valence-corrected chi connectivity index (χ4v) is 2.31. The van der Waals surface area contributed by atoms with Crippen molar-refractivity contribution in [3.8, 4) is 0 Å². The fourth-order valence-electron chi connectivity index (χ4n) is 2.31. The number of benzene rings is 1. The molecule has 0 fully saturated rings. The Balaban J connectivity index is 1.67. The van der Waals surface area contributed by atoms with Crippen molar-refractivity contribution in [3.05, 3.63) is 53.4 Å². The van der Waals surface area contributed by atoms with Gasteiger partial charge in [-0.3, -0.25) is 4.79 Å². The molecule has 1 aliphatic rings. The van der Waals surface area contributed by atoms with Crippen molar-refractivity contribution in [2.75, 3.05) is 6.54 Å². The van der Waals surface area contributed by atoms with Gasteiger partial charge >= 0.3 is 0 Å². The maximum atomic E-state index is 12.8. The normalized spacial score (nSPS) is 14.3. The van der Waals surface area contributed by atoms with Crippen molar-refractivity contribution in [1.29, 1.82) is 0 Å². The smallest absolute Gasteiger partial charge is 0.227 e. The van der Waals surface area contributed by atoms with Crippen LogP contribution in [0, 0.1) is 5.82 Å². The monoisotopic (exact) mass is 259 g/mol. The van der Waals surface area contributed by atoms with Gasteiger partial charge in [0.25, 0.3) is 0 Å². The van der Waals surface area contributed by atoms with E-state index in [4.69, 9.17) is 0 Å². The van der Waals surface area contributed by atoms with Crippen molar-refractivity contribution >= 4 is 5.91 Å². The Morgan fingerprint density at radius 2 is 2.16 bits per heavy atom. The van der Waals surface area contributed by atoms with Crippen LogP contribution in [0.4, 0.5) is 4.39 Å². The van der Waals surface area contributed by atoms with Gasteiger partial charge in [0.05, 0.1) is 30.7 Å². The summed E-state index contributed by atoms with van der Waals surface area (Å²) in [6.07, 6.45) is 2.76. The van der Waals surface area contributed by atoms with E-state index in [0.717, 1.165) is 23.4 Å². The van der Waals surface area contributed by atoms with E-state index in [9.17, 15) is 9.18 Å². The minimum absolute atomic E-state index is 0.0619. The Hall–Kier alpha value is -2.17. The molecule has 5 heteroatoms. The van der Waals surface area contributed by atoms with Crippen LogP contribution in [0.5, 0.6) is 0 Å². The van der Waals surface area contributed by atoms with E-state index in [1.807, 2.05) is 4.90 Å². The molecule has 1 N–H and O–H groups in total. The molecule has 19 heavy (non-hydrogen) atoms. The molecule has 1 aromatic heterocycles. The molecule has 0 spiro atoms. The van der Waals surface area contributed by atoms with E-state index in [2.05, 4.69) is 9.97 Å². The summed E-state index contributed by atoms with van der Waals surface area (Å²) in [5.41, 5.74) is 2.89. The lowest BCUT2D eigenvalue weighted by Crippen LogP contribution is -2.37. The second-order valence-corrected chi connectivity index (χ2v) is 4.70. The van der Waals surface area contributed by atoms with E-state index in [1.54, 1.807) is 18.5 Å². The Kier molecular flexibility index (Phi) is 3.03. The molecule has 0 atom stereocenters. The summed E-state index contributed by atoms with van der Waals surface area (Å²) in [6, 6.07) is 6.06. The maximum absolute atomic E-state index is 12.8. The predicted octanol–water partition coefficient (Wildman–Crippen LogP) is 1.68. The van der Waals surface area contributed by atoms with Crippen LogP contribution in [-0.2, 0) is 24.2 Å². The number of imidazole rings is 1. The summed E-state index contributed by atoms with van der Waals surface area (Å²) < 4.78 is 12.8. The topological polar surface area (TPSA) is 49.0 Å². The lowest BCUT2D eigenvalue weighted by atomic mass is 10.1. The lowest BCUT2D eigenvalue weighted by Gasteiger charge is -2.26. The molecule has 2 aromatic rings. The molecule has 0 bridgehead atoms. The Labute approximate surface area is 110 Å². The number of nitrogens with one attached hydrogen (secondary N) is 1. The van der Waals surface area contributed by atoms with Crippen LogP contribution in [0.3, 0.4) is 0 Å². The number of halogens is 1. The zero-order chi connectivity index (χ0) is 13.2. The predicted molar refractivity (Wildman–Crippen MR) is 67.8 cm³/mol. The van der Waals surface area contributed by atoms with E-state index in [-0.39, 0.29) is 11.7 Å². The third kappa shape index (κ3) is 2.50. The molecule has 0 saturated carbocycles. The van der Waals surface area contributed by atoms with E-state index >= 15 is 0 Å². The summed E-state index contributed by atoms with van der Waals surface area (Å²) in [7, 11) is 0. The van der Waals surface area contributed by atoms with Gasteiger partial charge in [-0.1, -0.05) is 12.1 Å². The average molecular weight is 259 g/mol. The van der Waals surface area contributed by atoms with Crippen molar-refractivity contribution < 1.29 is 9.18 Å². The quantitative estimate of drug-likeness (QED) is 0.892. The highest BCUT2D eigenvalue weighted by Gasteiger charge is 2.22. The molecule has 1 aromatic carbocycles. The number of nitrogens with zero attached hydrogens (tertiary/aromatic N) is 2. The van der Waals surface area contributed by atoms with E-state index < -0.39 is 0 Å². The third-order valence-corrected chi connectivity index (χ3v) is 3.40.